The van der Waals surface area contributed by atoms with Crippen molar-refractivity contribution in [2.45, 2.75) is 0 Å². The molecule has 2 rings (SSSR count). The van der Waals surface area contributed by atoms with Crippen molar-refractivity contribution in [1.29, 1.82) is 0 Å². The summed E-state index contributed by atoms with van der Waals surface area (Å²) in [5.41, 5.74) is 7.22. The molecule has 0 aliphatic rings. The first-order valence-electron chi connectivity index (χ1n) is 4.20. The van der Waals surface area contributed by atoms with E-state index in [0.717, 1.165) is 11.1 Å². The number of hydrogen-bond acceptors (Lipinski definition) is 4. The molecule has 0 atom stereocenters. The lowest BCUT2D eigenvalue weighted by atomic mass is 10.1. The Balaban J connectivity index is 2.52. The summed E-state index contributed by atoms with van der Waals surface area (Å²) in [5.74, 6) is -1.02. The van der Waals surface area contributed by atoms with Crippen molar-refractivity contribution in [3.63, 3.8) is 0 Å². The molecule has 4 nitrogen and oxygen atoms in total. The molecule has 0 aliphatic heterocycles. The minimum Gasteiger partial charge on any atom is -0.478 e. The number of aromatic nitrogens is 1. The van der Waals surface area contributed by atoms with E-state index < -0.39 is 5.97 Å². The number of rotatable bonds is 2. The van der Waals surface area contributed by atoms with Gasteiger partial charge < -0.3 is 10.8 Å². The van der Waals surface area contributed by atoms with Crippen LogP contribution in [-0.4, -0.2) is 16.1 Å². The molecule has 0 spiro atoms. The van der Waals surface area contributed by atoms with Crippen LogP contribution < -0.4 is 5.73 Å². The van der Waals surface area contributed by atoms with Crippen molar-refractivity contribution >= 4 is 23.1 Å². The highest BCUT2D eigenvalue weighted by molar-refractivity contribution is 7.08. The minimum absolute atomic E-state index is 0.0405. The van der Waals surface area contributed by atoms with Crippen molar-refractivity contribution in [1.82, 2.24) is 4.98 Å². The zero-order valence-electron chi connectivity index (χ0n) is 7.68. The number of nitrogens with two attached hydrogens (primary N) is 1. The summed E-state index contributed by atoms with van der Waals surface area (Å²) in [7, 11) is 0. The maximum absolute atomic E-state index is 10.8. The van der Waals surface area contributed by atoms with Crippen molar-refractivity contribution in [2.24, 2.45) is 0 Å². The lowest BCUT2D eigenvalue weighted by Crippen LogP contribution is -2.04. The molecule has 0 unspecified atom stereocenters. The molecule has 0 aromatic carbocycles. The Labute approximate surface area is 90.0 Å². The van der Waals surface area contributed by atoms with Gasteiger partial charge in [0.1, 0.15) is 11.4 Å². The average molecular weight is 220 g/mol. The molecular formula is C10H8N2O2S. The molecule has 0 bridgehead atoms. The van der Waals surface area contributed by atoms with Gasteiger partial charge in [0.2, 0.25) is 0 Å². The summed E-state index contributed by atoms with van der Waals surface area (Å²) >= 11 is 1.55. The van der Waals surface area contributed by atoms with E-state index >= 15 is 0 Å². The molecule has 3 N–H and O–H groups in total. The standard InChI is InChI=1S/C10H8N2O2S/c11-9-8(10(13)14)3-7(4-12-9)6-1-2-15-5-6/h1-5H,(H2,11,12)(H,13,14). The molecule has 0 saturated carbocycles. The number of aromatic carboxylic acids is 1. The van der Waals surface area contributed by atoms with Crippen molar-refractivity contribution in [3.05, 3.63) is 34.7 Å². The number of anilines is 1. The second-order valence-electron chi connectivity index (χ2n) is 2.97. The number of nitrogens with zero attached hydrogens (tertiary/aromatic N) is 1. The van der Waals surface area contributed by atoms with E-state index in [-0.39, 0.29) is 11.4 Å². The first-order valence-corrected chi connectivity index (χ1v) is 5.14. The smallest absolute Gasteiger partial charge is 0.339 e. The molecule has 5 heteroatoms. The maximum atomic E-state index is 10.8. The Morgan fingerprint density at radius 1 is 1.47 bits per heavy atom. The quantitative estimate of drug-likeness (QED) is 0.812. The van der Waals surface area contributed by atoms with E-state index in [9.17, 15) is 4.79 Å². The topological polar surface area (TPSA) is 76.2 Å². The molecule has 0 aliphatic carbocycles. The molecule has 0 radical (unpaired) electrons. The van der Waals surface area contributed by atoms with Gasteiger partial charge in [0.25, 0.3) is 0 Å². The van der Waals surface area contributed by atoms with Crippen molar-refractivity contribution in [3.8, 4) is 11.1 Å². The molecule has 15 heavy (non-hydrogen) atoms. The molecule has 2 aromatic rings. The molecule has 76 valence electrons. The predicted octanol–water partition coefficient (Wildman–Crippen LogP) is 2.09. The summed E-state index contributed by atoms with van der Waals surface area (Å²) in [6.07, 6.45) is 1.57. The maximum Gasteiger partial charge on any atom is 0.339 e. The zero-order chi connectivity index (χ0) is 10.8. The number of nitrogen functional groups attached to an aromatic ring is 1. The molecule has 0 fully saturated rings. The first kappa shape index (κ1) is 9.67. The van der Waals surface area contributed by atoms with Crippen LogP contribution in [-0.2, 0) is 0 Å². The second-order valence-corrected chi connectivity index (χ2v) is 3.75. The van der Waals surface area contributed by atoms with Gasteiger partial charge in [-0.15, -0.1) is 0 Å². The number of carboxylic acid groups (broad SMARTS) is 1. The van der Waals surface area contributed by atoms with Gasteiger partial charge in [0, 0.05) is 11.8 Å². The normalized spacial score (nSPS) is 10.1. The summed E-state index contributed by atoms with van der Waals surface area (Å²) in [5, 5.41) is 12.7. The van der Waals surface area contributed by atoms with Crippen LogP contribution in [0.3, 0.4) is 0 Å². The average Bonchev–Trinajstić information content (AvgIpc) is 2.71. The third-order valence-corrected chi connectivity index (χ3v) is 2.69. The van der Waals surface area contributed by atoms with E-state index in [2.05, 4.69) is 4.98 Å². The van der Waals surface area contributed by atoms with Crippen LogP contribution in [0.4, 0.5) is 5.82 Å². The number of carbonyl (C=O) groups is 1. The fourth-order valence-corrected chi connectivity index (χ4v) is 1.90. The summed E-state index contributed by atoms with van der Waals surface area (Å²) < 4.78 is 0. The Bertz CT molecular complexity index is 494. The Hall–Kier alpha value is -1.88. The Morgan fingerprint density at radius 2 is 2.27 bits per heavy atom. The van der Waals surface area contributed by atoms with Crippen LogP contribution in [0, 0.1) is 0 Å². The van der Waals surface area contributed by atoms with Crippen LogP contribution in [0.1, 0.15) is 10.4 Å². The lowest BCUT2D eigenvalue weighted by molar-refractivity contribution is 0.0698. The van der Waals surface area contributed by atoms with Gasteiger partial charge >= 0.3 is 5.97 Å². The van der Waals surface area contributed by atoms with Crippen molar-refractivity contribution in [2.75, 3.05) is 5.73 Å². The first-order chi connectivity index (χ1) is 7.18. The van der Waals surface area contributed by atoms with Crippen molar-refractivity contribution < 1.29 is 9.90 Å². The Kier molecular flexibility index (Phi) is 2.39. The fraction of sp³-hybridized carbons (Fsp3) is 0. The van der Waals surface area contributed by atoms with Gasteiger partial charge in [-0.3, -0.25) is 0 Å². The second kappa shape index (κ2) is 3.70. The number of hydrogen-bond donors (Lipinski definition) is 2. The summed E-state index contributed by atoms with van der Waals surface area (Å²) in [6, 6.07) is 3.44. The van der Waals surface area contributed by atoms with E-state index in [1.54, 1.807) is 17.5 Å². The van der Waals surface area contributed by atoms with Crippen LogP contribution >= 0.6 is 11.3 Å². The van der Waals surface area contributed by atoms with E-state index in [0.29, 0.717) is 0 Å². The highest BCUT2D eigenvalue weighted by atomic mass is 32.1. The fourth-order valence-electron chi connectivity index (χ4n) is 1.23. The summed E-state index contributed by atoms with van der Waals surface area (Å²) in [4.78, 5) is 14.7. The van der Waals surface area contributed by atoms with E-state index in [1.807, 2.05) is 16.8 Å². The van der Waals surface area contributed by atoms with Gasteiger partial charge in [-0.1, -0.05) is 0 Å². The monoisotopic (exact) mass is 220 g/mol. The highest BCUT2D eigenvalue weighted by Crippen LogP contribution is 2.23. The third kappa shape index (κ3) is 1.82. The van der Waals surface area contributed by atoms with Crippen LogP contribution in [0.2, 0.25) is 0 Å². The van der Waals surface area contributed by atoms with E-state index in [1.165, 1.54) is 6.07 Å². The van der Waals surface area contributed by atoms with Gasteiger partial charge in [0.05, 0.1) is 0 Å². The van der Waals surface area contributed by atoms with Gasteiger partial charge in [-0.25, -0.2) is 9.78 Å². The molecule has 2 heterocycles. The van der Waals surface area contributed by atoms with Gasteiger partial charge in [0.15, 0.2) is 0 Å². The summed E-state index contributed by atoms with van der Waals surface area (Å²) in [6.45, 7) is 0. The molecular weight excluding hydrogens is 212 g/mol. The highest BCUT2D eigenvalue weighted by Gasteiger charge is 2.10. The third-order valence-electron chi connectivity index (χ3n) is 2.00. The largest absolute Gasteiger partial charge is 0.478 e. The molecule has 0 saturated heterocycles. The zero-order valence-corrected chi connectivity index (χ0v) is 8.49. The lowest BCUT2D eigenvalue weighted by Gasteiger charge is -2.02. The number of thiophene rings is 1. The minimum atomic E-state index is -1.06. The van der Waals surface area contributed by atoms with E-state index in [4.69, 9.17) is 10.8 Å². The van der Waals surface area contributed by atoms with Crippen LogP contribution in [0.15, 0.2) is 29.1 Å². The predicted molar refractivity (Wildman–Crippen MR) is 58.9 cm³/mol. The van der Waals surface area contributed by atoms with Crippen LogP contribution in [0.25, 0.3) is 11.1 Å². The van der Waals surface area contributed by atoms with Gasteiger partial charge in [-0.2, -0.15) is 11.3 Å². The number of pyridine rings is 1. The molecule has 2 aromatic heterocycles. The van der Waals surface area contributed by atoms with Crippen LogP contribution in [0.5, 0.6) is 0 Å². The SMILES string of the molecule is Nc1ncc(-c2ccsc2)cc1C(=O)O. The van der Waals surface area contributed by atoms with Gasteiger partial charge in [-0.05, 0) is 28.5 Å². The molecule has 0 amide bonds. The Morgan fingerprint density at radius 3 is 2.87 bits per heavy atom. The number of carboxylic acids is 1.